The highest BCUT2D eigenvalue weighted by atomic mass is 35.5. The Morgan fingerprint density at radius 1 is 0.682 bits per heavy atom. The standard InChI is InChI=1S/C20H17ClSi/c1-22(2)19-9-4-3-8-17(19)18-11-10-15(13-20(18)22)14-6-5-7-16(21)12-14/h3-13H,1-2H3. The highest BCUT2D eigenvalue weighted by Crippen LogP contribution is 2.31. The normalized spacial score (nSPS) is 14.5. The number of hydrogen-bond acceptors (Lipinski definition) is 0. The second-order valence-corrected chi connectivity index (χ2v) is 11.2. The zero-order valence-electron chi connectivity index (χ0n) is 12.7. The van der Waals surface area contributed by atoms with Gasteiger partial charge in [-0.25, -0.2) is 0 Å². The highest BCUT2D eigenvalue weighted by Gasteiger charge is 2.37. The van der Waals surface area contributed by atoms with Gasteiger partial charge in [-0.3, -0.25) is 0 Å². The monoisotopic (exact) mass is 320 g/mol. The minimum atomic E-state index is -1.59. The molecule has 0 radical (unpaired) electrons. The Bertz CT molecular complexity index is 880. The summed E-state index contributed by atoms with van der Waals surface area (Å²) in [6.07, 6.45) is 0. The molecule has 0 N–H and O–H groups in total. The number of benzene rings is 3. The van der Waals surface area contributed by atoms with Crippen LogP contribution in [0.4, 0.5) is 0 Å². The molecule has 22 heavy (non-hydrogen) atoms. The molecule has 0 amide bonds. The number of halogens is 1. The third-order valence-corrected chi connectivity index (χ3v) is 8.52. The van der Waals surface area contributed by atoms with Crippen LogP contribution in [0.15, 0.2) is 66.7 Å². The molecule has 0 fully saturated rings. The minimum absolute atomic E-state index is 0.790. The van der Waals surface area contributed by atoms with E-state index in [0.717, 1.165) is 5.02 Å². The maximum atomic E-state index is 6.15. The smallest absolute Gasteiger partial charge is 0.0843 e. The number of rotatable bonds is 1. The SMILES string of the molecule is C[Si]1(C)c2ccccc2-c2ccc(-c3cccc(Cl)c3)cc21. The first-order valence-electron chi connectivity index (χ1n) is 7.58. The highest BCUT2D eigenvalue weighted by molar-refractivity contribution is 7.03. The van der Waals surface area contributed by atoms with Crippen molar-refractivity contribution in [1.29, 1.82) is 0 Å². The molecule has 0 aliphatic carbocycles. The Kier molecular flexibility index (Phi) is 3.03. The van der Waals surface area contributed by atoms with Gasteiger partial charge in [0.05, 0.1) is 0 Å². The van der Waals surface area contributed by atoms with E-state index in [2.05, 4.69) is 61.6 Å². The fraction of sp³-hybridized carbons (Fsp3) is 0.100. The maximum Gasteiger partial charge on any atom is 0.113 e. The van der Waals surface area contributed by atoms with Crippen LogP contribution in [0.3, 0.4) is 0 Å². The van der Waals surface area contributed by atoms with E-state index in [4.69, 9.17) is 11.6 Å². The summed E-state index contributed by atoms with van der Waals surface area (Å²) in [7, 11) is -1.59. The van der Waals surface area contributed by atoms with Gasteiger partial charge in [0, 0.05) is 5.02 Å². The van der Waals surface area contributed by atoms with Gasteiger partial charge in [0.25, 0.3) is 0 Å². The fourth-order valence-electron chi connectivity index (χ4n) is 3.55. The zero-order valence-corrected chi connectivity index (χ0v) is 14.5. The van der Waals surface area contributed by atoms with Gasteiger partial charge in [0.2, 0.25) is 0 Å². The van der Waals surface area contributed by atoms with E-state index >= 15 is 0 Å². The molecule has 3 aromatic carbocycles. The number of fused-ring (bicyclic) bond motifs is 3. The average Bonchev–Trinajstić information content (AvgIpc) is 2.76. The summed E-state index contributed by atoms with van der Waals surface area (Å²) in [5.74, 6) is 0. The van der Waals surface area contributed by atoms with E-state index in [1.807, 2.05) is 18.2 Å². The van der Waals surface area contributed by atoms with Crippen LogP contribution >= 0.6 is 11.6 Å². The second kappa shape index (κ2) is 4.84. The summed E-state index contributed by atoms with van der Waals surface area (Å²) in [5.41, 5.74) is 5.29. The average molecular weight is 321 g/mol. The van der Waals surface area contributed by atoms with Gasteiger partial charge in [-0.2, -0.15) is 0 Å². The third kappa shape index (κ3) is 1.97. The van der Waals surface area contributed by atoms with Crippen molar-refractivity contribution in [3.05, 3.63) is 71.8 Å². The summed E-state index contributed by atoms with van der Waals surface area (Å²) in [6, 6.07) is 23.9. The van der Waals surface area contributed by atoms with Crippen LogP contribution in [-0.4, -0.2) is 8.07 Å². The molecule has 0 saturated carbocycles. The van der Waals surface area contributed by atoms with Gasteiger partial charge in [0.15, 0.2) is 0 Å². The largest absolute Gasteiger partial charge is 0.113 e. The Hall–Kier alpha value is -1.83. The van der Waals surface area contributed by atoms with Crippen molar-refractivity contribution in [3.63, 3.8) is 0 Å². The Labute approximate surface area is 137 Å². The maximum absolute atomic E-state index is 6.15. The van der Waals surface area contributed by atoms with Gasteiger partial charge in [0.1, 0.15) is 8.07 Å². The van der Waals surface area contributed by atoms with Crippen LogP contribution in [0.25, 0.3) is 22.3 Å². The minimum Gasteiger partial charge on any atom is -0.0843 e. The second-order valence-electron chi connectivity index (χ2n) is 6.44. The zero-order chi connectivity index (χ0) is 15.3. The van der Waals surface area contributed by atoms with Crippen molar-refractivity contribution in [3.8, 4) is 22.3 Å². The molecule has 0 saturated heterocycles. The lowest BCUT2D eigenvalue weighted by Crippen LogP contribution is -2.49. The fourth-order valence-corrected chi connectivity index (χ4v) is 6.84. The molecule has 0 spiro atoms. The molecule has 0 aromatic heterocycles. The van der Waals surface area contributed by atoms with E-state index in [1.54, 1.807) is 5.19 Å². The molecule has 4 rings (SSSR count). The van der Waals surface area contributed by atoms with Gasteiger partial charge in [-0.05, 0) is 44.8 Å². The summed E-state index contributed by atoms with van der Waals surface area (Å²) >= 11 is 6.15. The molecule has 3 aromatic rings. The topological polar surface area (TPSA) is 0 Å². The first-order chi connectivity index (χ1) is 10.6. The van der Waals surface area contributed by atoms with Crippen LogP contribution in [0, 0.1) is 0 Å². The van der Waals surface area contributed by atoms with Crippen molar-refractivity contribution >= 4 is 30.0 Å². The van der Waals surface area contributed by atoms with Crippen LogP contribution in [-0.2, 0) is 0 Å². The van der Waals surface area contributed by atoms with Crippen molar-refractivity contribution in [2.75, 3.05) is 0 Å². The van der Waals surface area contributed by atoms with Gasteiger partial charge >= 0.3 is 0 Å². The molecule has 1 aliphatic rings. The van der Waals surface area contributed by atoms with Crippen molar-refractivity contribution in [2.24, 2.45) is 0 Å². The van der Waals surface area contributed by atoms with Crippen LogP contribution in [0.5, 0.6) is 0 Å². The first-order valence-corrected chi connectivity index (χ1v) is 11.0. The van der Waals surface area contributed by atoms with E-state index < -0.39 is 8.07 Å². The van der Waals surface area contributed by atoms with E-state index in [0.29, 0.717) is 0 Å². The van der Waals surface area contributed by atoms with Crippen molar-refractivity contribution in [1.82, 2.24) is 0 Å². The molecule has 108 valence electrons. The first kappa shape index (κ1) is 13.8. The summed E-state index contributed by atoms with van der Waals surface area (Å²) in [4.78, 5) is 0. The van der Waals surface area contributed by atoms with E-state index in [1.165, 1.54) is 27.4 Å². The lowest BCUT2D eigenvalue weighted by molar-refractivity contribution is 1.63. The summed E-state index contributed by atoms with van der Waals surface area (Å²) in [5, 5.41) is 3.87. The molecule has 0 unspecified atom stereocenters. The Balaban J connectivity index is 1.92. The lowest BCUT2D eigenvalue weighted by atomic mass is 10.0. The van der Waals surface area contributed by atoms with Gasteiger partial charge < -0.3 is 0 Å². The number of hydrogen-bond donors (Lipinski definition) is 0. The van der Waals surface area contributed by atoms with Crippen LogP contribution < -0.4 is 10.4 Å². The Morgan fingerprint density at radius 2 is 1.41 bits per heavy atom. The molecule has 0 nitrogen and oxygen atoms in total. The Morgan fingerprint density at radius 3 is 2.23 bits per heavy atom. The summed E-state index contributed by atoms with van der Waals surface area (Å²) < 4.78 is 0. The quantitative estimate of drug-likeness (QED) is 0.564. The summed E-state index contributed by atoms with van der Waals surface area (Å²) in [6.45, 7) is 4.89. The molecular formula is C20H17ClSi. The van der Waals surface area contributed by atoms with E-state index in [9.17, 15) is 0 Å². The third-order valence-electron chi connectivity index (χ3n) is 4.74. The molecule has 2 heteroatoms. The predicted molar refractivity (Wildman–Crippen MR) is 99.1 cm³/mol. The molecule has 1 aliphatic heterocycles. The van der Waals surface area contributed by atoms with Gasteiger partial charge in [-0.15, -0.1) is 0 Å². The van der Waals surface area contributed by atoms with Crippen LogP contribution in [0.2, 0.25) is 18.1 Å². The molecule has 0 bridgehead atoms. The predicted octanol–water partition coefficient (Wildman–Crippen LogP) is 4.81. The van der Waals surface area contributed by atoms with Gasteiger partial charge in [-0.1, -0.05) is 79.3 Å². The molecule has 0 atom stereocenters. The molecule has 1 heterocycles. The molecular weight excluding hydrogens is 304 g/mol. The van der Waals surface area contributed by atoms with Crippen molar-refractivity contribution in [2.45, 2.75) is 13.1 Å². The van der Waals surface area contributed by atoms with Crippen LogP contribution in [0.1, 0.15) is 0 Å². The lowest BCUT2D eigenvalue weighted by Gasteiger charge is -2.19. The van der Waals surface area contributed by atoms with Crippen molar-refractivity contribution < 1.29 is 0 Å². The van der Waals surface area contributed by atoms with E-state index in [-0.39, 0.29) is 0 Å².